The predicted molar refractivity (Wildman–Crippen MR) is 82.6 cm³/mol. The van der Waals surface area contributed by atoms with Gasteiger partial charge in [-0.25, -0.2) is 0 Å². The fourth-order valence-corrected chi connectivity index (χ4v) is 3.26. The highest BCUT2D eigenvalue weighted by atomic mass is 32.1. The summed E-state index contributed by atoms with van der Waals surface area (Å²) in [4.78, 5) is 6.03. The molecule has 0 bridgehead atoms. The van der Waals surface area contributed by atoms with Gasteiger partial charge in [-0.1, -0.05) is 12.1 Å². The minimum absolute atomic E-state index is 0.396. The van der Waals surface area contributed by atoms with Gasteiger partial charge in [0.2, 0.25) is 0 Å². The van der Waals surface area contributed by atoms with Crippen LogP contribution < -0.4 is 5.32 Å². The first kappa shape index (κ1) is 12.5. The highest BCUT2D eigenvalue weighted by molar-refractivity contribution is 7.12. The van der Waals surface area contributed by atoms with Crippen molar-refractivity contribution in [2.45, 2.75) is 26.4 Å². The summed E-state index contributed by atoms with van der Waals surface area (Å²) in [7, 11) is 0. The second-order valence-electron chi connectivity index (χ2n) is 4.91. The lowest BCUT2D eigenvalue weighted by Crippen LogP contribution is -2.17. The summed E-state index contributed by atoms with van der Waals surface area (Å²) >= 11 is 1.87. The third-order valence-electron chi connectivity index (χ3n) is 3.47. The number of hydrogen-bond donors (Lipinski definition) is 2. The van der Waals surface area contributed by atoms with Crippen LogP contribution in [0.4, 0.5) is 0 Å². The van der Waals surface area contributed by atoms with Gasteiger partial charge < -0.3 is 10.3 Å². The Morgan fingerprint density at radius 2 is 2.11 bits per heavy atom. The fourth-order valence-electron chi connectivity index (χ4n) is 2.35. The van der Waals surface area contributed by atoms with Gasteiger partial charge in [0.25, 0.3) is 0 Å². The van der Waals surface area contributed by atoms with E-state index >= 15 is 0 Å². The Labute approximate surface area is 117 Å². The van der Waals surface area contributed by atoms with Gasteiger partial charge in [-0.15, -0.1) is 11.3 Å². The van der Waals surface area contributed by atoms with Crippen LogP contribution in [0.2, 0.25) is 0 Å². The summed E-state index contributed by atoms with van der Waals surface area (Å²) in [6.07, 6.45) is 2.00. The van der Waals surface area contributed by atoms with Gasteiger partial charge in [-0.05, 0) is 43.7 Å². The summed E-state index contributed by atoms with van der Waals surface area (Å²) in [6.45, 7) is 5.28. The number of aromatic nitrogens is 1. The molecule has 2 heterocycles. The zero-order valence-electron chi connectivity index (χ0n) is 11.2. The molecule has 3 heteroatoms. The summed E-state index contributed by atoms with van der Waals surface area (Å²) in [5, 5.41) is 4.92. The molecule has 0 aliphatic rings. The van der Waals surface area contributed by atoms with Crippen LogP contribution in [0.15, 0.2) is 42.6 Å². The van der Waals surface area contributed by atoms with Crippen LogP contribution >= 0.6 is 11.3 Å². The number of hydrogen-bond acceptors (Lipinski definition) is 2. The lowest BCUT2D eigenvalue weighted by atomic mass is 10.1. The summed E-state index contributed by atoms with van der Waals surface area (Å²) < 4.78 is 0. The Hall–Kier alpha value is -1.58. The average Bonchev–Trinajstić information content (AvgIpc) is 3.04. The summed E-state index contributed by atoms with van der Waals surface area (Å²) in [6, 6.07) is 13.4. The standard InChI is InChI=1S/C16H18N2S/c1-11-6-7-16(19-11)12(2)18-10-13-4-3-5-15-14(13)8-9-17-15/h3-9,12,17-18H,10H2,1-2H3. The normalized spacial score (nSPS) is 12.9. The Morgan fingerprint density at radius 3 is 2.89 bits per heavy atom. The predicted octanol–water partition coefficient (Wildman–Crippen LogP) is 4.39. The van der Waals surface area contributed by atoms with Crippen molar-refractivity contribution in [1.82, 2.24) is 10.3 Å². The van der Waals surface area contributed by atoms with Crippen molar-refractivity contribution in [1.29, 1.82) is 0 Å². The summed E-state index contributed by atoms with van der Waals surface area (Å²) in [5.74, 6) is 0. The SMILES string of the molecule is Cc1ccc(C(C)NCc2cccc3[nH]ccc23)s1. The lowest BCUT2D eigenvalue weighted by molar-refractivity contribution is 0.585. The van der Waals surface area contributed by atoms with Gasteiger partial charge in [0.15, 0.2) is 0 Å². The largest absolute Gasteiger partial charge is 0.361 e. The second kappa shape index (κ2) is 5.19. The maximum absolute atomic E-state index is 3.61. The zero-order chi connectivity index (χ0) is 13.2. The smallest absolute Gasteiger partial charge is 0.0457 e. The second-order valence-corrected chi connectivity index (χ2v) is 6.23. The molecule has 98 valence electrons. The third-order valence-corrected chi connectivity index (χ3v) is 4.66. The lowest BCUT2D eigenvalue weighted by Gasteiger charge is -2.12. The topological polar surface area (TPSA) is 27.8 Å². The summed E-state index contributed by atoms with van der Waals surface area (Å²) in [5.41, 5.74) is 2.55. The number of fused-ring (bicyclic) bond motifs is 1. The molecule has 3 aromatic rings. The Kier molecular flexibility index (Phi) is 3.40. The molecule has 0 aliphatic heterocycles. The average molecular weight is 270 g/mol. The molecule has 19 heavy (non-hydrogen) atoms. The van der Waals surface area contributed by atoms with Crippen LogP contribution in [0.3, 0.4) is 0 Å². The van der Waals surface area contributed by atoms with E-state index in [0.29, 0.717) is 6.04 Å². The number of benzene rings is 1. The molecule has 3 rings (SSSR count). The number of nitrogens with one attached hydrogen (secondary N) is 2. The first-order valence-corrected chi connectivity index (χ1v) is 7.40. The molecule has 1 unspecified atom stereocenters. The van der Waals surface area contributed by atoms with Crippen molar-refractivity contribution in [2.24, 2.45) is 0 Å². The van der Waals surface area contributed by atoms with E-state index in [4.69, 9.17) is 0 Å². The molecule has 0 amide bonds. The quantitative estimate of drug-likeness (QED) is 0.723. The third kappa shape index (κ3) is 2.57. The molecular formula is C16H18N2S. The van der Waals surface area contributed by atoms with Crippen LogP contribution in [-0.4, -0.2) is 4.98 Å². The molecule has 1 atom stereocenters. The molecule has 0 saturated carbocycles. The molecule has 0 saturated heterocycles. The van der Waals surface area contributed by atoms with Crippen molar-refractivity contribution in [3.8, 4) is 0 Å². The van der Waals surface area contributed by atoms with E-state index in [1.165, 1.54) is 26.2 Å². The van der Waals surface area contributed by atoms with Gasteiger partial charge in [0.1, 0.15) is 0 Å². The maximum atomic E-state index is 3.61. The number of rotatable bonds is 4. The van der Waals surface area contributed by atoms with Crippen molar-refractivity contribution in [3.63, 3.8) is 0 Å². The molecular weight excluding hydrogens is 252 g/mol. The van der Waals surface area contributed by atoms with E-state index in [-0.39, 0.29) is 0 Å². The van der Waals surface area contributed by atoms with Crippen molar-refractivity contribution >= 4 is 22.2 Å². The molecule has 2 nitrogen and oxygen atoms in total. The molecule has 2 aromatic heterocycles. The zero-order valence-corrected chi connectivity index (χ0v) is 12.1. The number of thiophene rings is 1. The van der Waals surface area contributed by atoms with Crippen LogP contribution in [0.5, 0.6) is 0 Å². The molecule has 0 aliphatic carbocycles. The van der Waals surface area contributed by atoms with E-state index in [2.05, 4.69) is 60.5 Å². The van der Waals surface area contributed by atoms with E-state index in [1.807, 2.05) is 17.5 Å². The molecule has 0 spiro atoms. The highest BCUT2D eigenvalue weighted by Gasteiger charge is 2.08. The molecule has 1 aromatic carbocycles. The van der Waals surface area contributed by atoms with E-state index < -0.39 is 0 Å². The highest BCUT2D eigenvalue weighted by Crippen LogP contribution is 2.23. The first-order chi connectivity index (χ1) is 9.24. The maximum Gasteiger partial charge on any atom is 0.0457 e. The monoisotopic (exact) mass is 270 g/mol. The van der Waals surface area contributed by atoms with Crippen molar-refractivity contribution < 1.29 is 0 Å². The van der Waals surface area contributed by atoms with Gasteiger partial charge in [-0.2, -0.15) is 0 Å². The number of aromatic amines is 1. The minimum Gasteiger partial charge on any atom is -0.361 e. The first-order valence-electron chi connectivity index (χ1n) is 6.59. The molecule has 2 N–H and O–H groups in total. The van der Waals surface area contributed by atoms with E-state index in [0.717, 1.165) is 6.54 Å². The minimum atomic E-state index is 0.396. The number of H-pyrrole nitrogens is 1. The van der Waals surface area contributed by atoms with Gasteiger partial charge in [0, 0.05) is 39.4 Å². The van der Waals surface area contributed by atoms with Crippen LogP contribution in [0, 0.1) is 6.92 Å². The molecule has 0 radical (unpaired) electrons. The van der Waals surface area contributed by atoms with Crippen LogP contribution in [0.25, 0.3) is 10.9 Å². The van der Waals surface area contributed by atoms with Gasteiger partial charge in [-0.3, -0.25) is 0 Å². The Bertz CT molecular complexity index is 681. The van der Waals surface area contributed by atoms with E-state index in [9.17, 15) is 0 Å². The fraction of sp³-hybridized carbons (Fsp3) is 0.250. The van der Waals surface area contributed by atoms with E-state index in [1.54, 1.807) is 0 Å². The van der Waals surface area contributed by atoms with Crippen LogP contribution in [-0.2, 0) is 6.54 Å². The Balaban J connectivity index is 1.74. The van der Waals surface area contributed by atoms with Crippen LogP contribution in [0.1, 0.15) is 28.3 Å². The van der Waals surface area contributed by atoms with Crippen molar-refractivity contribution in [3.05, 3.63) is 57.9 Å². The number of aryl methyl sites for hydroxylation is 1. The van der Waals surface area contributed by atoms with Crippen molar-refractivity contribution in [2.75, 3.05) is 0 Å². The van der Waals surface area contributed by atoms with Gasteiger partial charge in [0.05, 0.1) is 0 Å². The molecule has 0 fully saturated rings. The Morgan fingerprint density at radius 1 is 1.21 bits per heavy atom. The van der Waals surface area contributed by atoms with Gasteiger partial charge >= 0.3 is 0 Å².